The van der Waals surface area contributed by atoms with E-state index in [4.69, 9.17) is 9.47 Å². The zero-order valence-corrected chi connectivity index (χ0v) is 21.6. The minimum Gasteiger partial charge on any atom is -0.409 e. The number of carbonyl (C=O) groups excluding carboxylic acids is 2. The maximum Gasteiger partial charge on any atom is 0.416 e. The molecular formula is C24H23F3N8O4S. The van der Waals surface area contributed by atoms with Gasteiger partial charge in [-0.1, -0.05) is 11.3 Å². The monoisotopic (exact) mass is 576 g/mol. The lowest BCUT2D eigenvalue weighted by Gasteiger charge is -2.26. The molecule has 0 unspecified atom stereocenters. The molecule has 16 heteroatoms. The Hall–Kier alpha value is -4.28. The van der Waals surface area contributed by atoms with Crippen LogP contribution in [-0.2, 0) is 10.9 Å². The van der Waals surface area contributed by atoms with Gasteiger partial charge < -0.3 is 20.1 Å². The molecule has 12 nitrogen and oxygen atoms in total. The van der Waals surface area contributed by atoms with Crippen LogP contribution in [0.1, 0.15) is 5.56 Å². The molecular weight excluding hydrogens is 553 g/mol. The summed E-state index contributed by atoms with van der Waals surface area (Å²) in [6.45, 7) is 4.03. The highest BCUT2D eigenvalue weighted by Gasteiger charge is 2.30. The third-order valence-corrected chi connectivity index (χ3v) is 6.77. The number of aromatic amines is 1. The minimum absolute atomic E-state index is 0.179. The molecule has 0 aliphatic carbocycles. The van der Waals surface area contributed by atoms with Gasteiger partial charge in [0.1, 0.15) is 5.75 Å². The Kier molecular flexibility index (Phi) is 8.09. The van der Waals surface area contributed by atoms with Crippen LogP contribution < -0.4 is 20.7 Å². The Balaban J connectivity index is 1.21. The van der Waals surface area contributed by atoms with Gasteiger partial charge >= 0.3 is 18.3 Å². The van der Waals surface area contributed by atoms with Gasteiger partial charge in [0.25, 0.3) is 0 Å². The highest BCUT2D eigenvalue weighted by atomic mass is 32.1. The van der Waals surface area contributed by atoms with Crippen LogP contribution in [0, 0.1) is 0 Å². The fraction of sp³-hybridized carbons (Fsp3) is 0.292. The fourth-order valence-corrected chi connectivity index (χ4v) is 4.61. The van der Waals surface area contributed by atoms with Crippen molar-refractivity contribution in [2.45, 2.75) is 6.18 Å². The van der Waals surface area contributed by atoms with Crippen molar-refractivity contribution >= 4 is 45.3 Å². The van der Waals surface area contributed by atoms with E-state index in [1.807, 2.05) is 0 Å². The van der Waals surface area contributed by atoms with Gasteiger partial charge in [0.05, 0.1) is 40.9 Å². The maximum absolute atomic E-state index is 12.7. The SMILES string of the molecule is O=C(Nc1ccc(C(F)(F)F)cc1)Nc1ncc(-c2cc(OC(=O)NCCN3CCOCC3)c3cn[nH]c3n2)s1. The predicted molar refractivity (Wildman–Crippen MR) is 140 cm³/mol. The molecule has 4 heterocycles. The van der Waals surface area contributed by atoms with E-state index in [0.717, 1.165) is 48.7 Å². The average molecular weight is 577 g/mol. The predicted octanol–water partition coefficient (Wildman–Crippen LogP) is 4.16. The lowest BCUT2D eigenvalue weighted by Crippen LogP contribution is -2.41. The van der Waals surface area contributed by atoms with E-state index < -0.39 is 23.9 Å². The molecule has 1 aliphatic heterocycles. The summed E-state index contributed by atoms with van der Waals surface area (Å²) in [4.78, 5) is 36.2. The van der Waals surface area contributed by atoms with E-state index in [1.54, 1.807) is 6.07 Å². The van der Waals surface area contributed by atoms with Gasteiger partial charge in [-0.2, -0.15) is 18.3 Å². The number of rotatable bonds is 7. The molecule has 4 N–H and O–H groups in total. The van der Waals surface area contributed by atoms with E-state index in [-0.39, 0.29) is 16.6 Å². The van der Waals surface area contributed by atoms with Gasteiger partial charge in [0.15, 0.2) is 10.8 Å². The molecule has 1 aliphatic rings. The standard InChI is InChI=1S/C24H23F3N8O4S/c25-24(26,27)14-1-3-15(4-2-14)31-21(36)33-22-29-13-19(40-22)17-11-18(16-12-30-34-20(16)32-17)39-23(37)28-5-6-35-7-9-38-10-8-35/h1-4,11-13H,5-10H2,(H,28,37)(H,30,32,34)(H2,29,31,33,36). The Morgan fingerprint density at radius 1 is 1.12 bits per heavy atom. The van der Waals surface area contributed by atoms with E-state index in [1.165, 1.54) is 12.4 Å². The molecule has 5 rings (SSSR count). The van der Waals surface area contributed by atoms with Gasteiger partial charge in [-0.15, -0.1) is 0 Å². The number of carbonyl (C=O) groups is 2. The first-order chi connectivity index (χ1) is 19.2. The smallest absolute Gasteiger partial charge is 0.409 e. The van der Waals surface area contributed by atoms with E-state index in [2.05, 4.69) is 41.0 Å². The van der Waals surface area contributed by atoms with Crippen LogP contribution in [-0.4, -0.2) is 76.6 Å². The van der Waals surface area contributed by atoms with Crippen LogP contribution in [0.2, 0.25) is 0 Å². The number of benzene rings is 1. The molecule has 3 aromatic heterocycles. The molecule has 4 aromatic rings. The molecule has 1 saturated heterocycles. The Bertz CT molecular complexity index is 1490. The molecule has 0 radical (unpaired) electrons. The van der Waals surface area contributed by atoms with E-state index in [0.29, 0.717) is 47.9 Å². The molecule has 0 bridgehead atoms. The Morgan fingerprint density at radius 2 is 1.90 bits per heavy atom. The first-order valence-corrected chi connectivity index (χ1v) is 12.9. The third kappa shape index (κ3) is 6.83. The molecule has 1 aromatic carbocycles. The number of ether oxygens (including phenoxy) is 2. The number of hydrogen-bond acceptors (Lipinski definition) is 9. The van der Waals surface area contributed by atoms with Gasteiger partial charge in [-0.3, -0.25) is 15.3 Å². The van der Waals surface area contributed by atoms with Crippen molar-refractivity contribution in [2.75, 3.05) is 50.0 Å². The first-order valence-electron chi connectivity index (χ1n) is 12.1. The van der Waals surface area contributed by atoms with Gasteiger partial charge in [0.2, 0.25) is 0 Å². The highest BCUT2D eigenvalue weighted by molar-refractivity contribution is 7.19. The molecule has 0 spiro atoms. The largest absolute Gasteiger partial charge is 0.416 e. The fourth-order valence-electron chi connectivity index (χ4n) is 3.84. The number of nitrogens with zero attached hydrogens (tertiary/aromatic N) is 4. The number of nitrogens with one attached hydrogen (secondary N) is 4. The van der Waals surface area contributed by atoms with Crippen LogP contribution in [0.25, 0.3) is 21.6 Å². The number of urea groups is 1. The molecule has 40 heavy (non-hydrogen) atoms. The lowest BCUT2D eigenvalue weighted by molar-refractivity contribution is -0.137. The van der Waals surface area contributed by atoms with Crippen molar-refractivity contribution in [3.63, 3.8) is 0 Å². The van der Waals surface area contributed by atoms with Crippen LogP contribution >= 0.6 is 11.3 Å². The second-order valence-corrected chi connectivity index (χ2v) is 9.62. The quantitative estimate of drug-likeness (QED) is 0.257. The highest BCUT2D eigenvalue weighted by Crippen LogP contribution is 2.33. The molecule has 1 fully saturated rings. The van der Waals surface area contributed by atoms with Gasteiger partial charge in [0, 0.05) is 44.1 Å². The first kappa shape index (κ1) is 27.3. The van der Waals surface area contributed by atoms with Crippen molar-refractivity contribution < 1.29 is 32.2 Å². The summed E-state index contributed by atoms with van der Waals surface area (Å²) in [6, 6.07) is 4.94. The van der Waals surface area contributed by atoms with Gasteiger partial charge in [-0.25, -0.2) is 19.6 Å². The second kappa shape index (κ2) is 11.8. The molecule has 0 atom stereocenters. The van der Waals surface area contributed by atoms with Crippen molar-refractivity contribution in [2.24, 2.45) is 0 Å². The number of hydrogen-bond donors (Lipinski definition) is 4. The number of morpholine rings is 1. The minimum atomic E-state index is -4.47. The summed E-state index contributed by atoms with van der Waals surface area (Å²) in [7, 11) is 0. The van der Waals surface area contributed by atoms with Crippen molar-refractivity contribution in [3.05, 3.63) is 48.3 Å². The third-order valence-electron chi connectivity index (χ3n) is 5.84. The zero-order valence-electron chi connectivity index (χ0n) is 20.7. The average Bonchev–Trinajstić information content (AvgIpc) is 3.59. The van der Waals surface area contributed by atoms with Gasteiger partial charge in [-0.05, 0) is 24.3 Å². The Morgan fingerprint density at radius 3 is 2.65 bits per heavy atom. The van der Waals surface area contributed by atoms with Crippen LogP contribution in [0.4, 0.5) is 33.6 Å². The number of aromatic nitrogens is 4. The van der Waals surface area contributed by atoms with Crippen LogP contribution in [0.5, 0.6) is 5.75 Å². The number of thiazole rings is 1. The summed E-state index contributed by atoms with van der Waals surface area (Å²) in [6.07, 6.45) is -2.12. The van der Waals surface area contributed by atoms with Crippen molar-refractivity contribution in [1.82, 2.24) is 30.4 Å². The van der Waals surface area contributed by atoms with Crippen LogP contribution in [0.15, 0.2) is 42.7 Å². The topological polar surface area (TPSA) is 146 Å². The number of amides is 3. The molecule has 3 amide bonds. The number of fused-ring (bicyclic) bond motifs is 1. The molecule has 0 saturated carbocycles. The number of pyridine rings is 1. The zero-order chi connectivity index (χ0) is 28.1. The van der Waals surface area contributed by atoms with Crippen LogP contribution in [0.3, 0.4) is 0 Å². The normalized spacial score (nSPS) is 14.2. The number of alkyl halides is 3. The number of halogens is 3. The van der Waals surface area contributed by atoms with Crippen molar-refractivity contribution in [1.29, 1.82) is 0 Å². The second-order valence-electron chi connectivity index (χ2n) is 8.59. The summed E-state index contributed by atoms with van der Waals surface area (Å²) in [5, 5.41) is 15.2. The lowest BCUT2D eigenvalue weighted by atomic mass is 10.2. The Labute approximate surface area is 228 Å². The van der Waals surface area contributed by atoms with E-state index in [9.17, 15) is 22.8 Å². The van der Waals surface area contributed by atoms with E-state index >= 15 is 0 Å². The summed E-state index contributed by atoms with van der Waals surface area (Å²) in [5.74, 6) is 0.237. The summed E-state index contributed by atoms with van der Waals surface area (Å²) in [5.41, 5.74) is 0.162. The molecule has 210 valence electrons. The number of anilines is 2. The maximum atomic E-state index is 12.7. The van der Waals surface area contributed by atoms with Crippen molar-refractivity contribution in [3.8, 4) is 16.3 Å². The summed E-state index contributed by atoms with van der Waals surface area (Å²) >= 11 is 1.10. The summed E-state index contributed by atoms with van der Waals surface area (Å²) < 4.78 is 49.1. The number of H-pyrrole nitrogens is 1.